The SMILES string of the molecule is CCN(CC)CCC(=O)N1N=C(c2ccco2)CC1C1=NC(c2ccccc2)N=C1c1ccccc1. The van der Waals surface area contributed by atoms with Gasteiger partial charge in [-0.15, -0.1) is 0 Å². The van der Waals surface area contributed by atoms with Gasteiger partial charge in [-0.25, -0.2) is 5.01 Å². The van der Waals surface area contributed by atoms with E-state index in [9.17, 15) is 4.79 Å². The largest absolute Gasteiger partial charge is 0.463 e. The number of hydrogen-bond acceptors (Lipinski definition) is 6. The lowest BCUT2D eigenvalue weighted by molar-refractivity contribution is -0.132. The Balaban J connectivity index is 1.51. The lowest BCUT2D eigenvalue weighted by atomic mass is 9.96. The Morgan fingerprint density at radius 3 is 2.36 bits per heavy atom. The minimum atomic E-state index is -0.350. The number of furan rings is 1. The van der Waals surface area contributed by atoms with Crippen LogP contribution < -0.4 is 0 Å². The third-order valence-electron chi connectivity index (χ3n) is 6.72. The van der Waals surface area contributed by atoms with Crippen LogP contribution in [0, 0.1) is 0 Å². The summed E-state index contributed by atoms with van der Waals surface area (Å²) in [4.78, 5) is 25.9. The van der Waals surface area contributed by atoms with E-state index in [1.165, 1.54) is 0 Å². The minimum Gasteiger partial charge on any atom is -0.463 e. The molecule has 0 saturated heterocycles. The highest BCUT2D eigenvalue weighted by molar-refractivity contribution is 6.51. The summed E-state index contributed by atoms with van der Waals surface area (Å²) in [6.45, 7) is 6.73. The summed E-state index contributed by atoms with van der Waals surface area (Å²) in [7, 11) is 0. The van der Waals surface area contributed by atoms with Crippen LogP contribution in [-0.2, 0) is 4.79 Å². The molecule has 2 aromatic carbocycles. The van der Waals surface area contributed by atoms with Crippen molar-refractivity contribution in [3.05, 3.63) is 95.9 Å². The zero-order valence-corrected chi connectivity index (χ0v) is 20.7. The van der Waals surface area contributed by atoms with E-state index in [0.29, 0.717) is 25.1 Å². The van der Waals surface area contributed by atoms with E-state index in [1.807, 2.05) is 72.8 Å². The maximum absolute atomic E-state index is 13.5. The van der Waals surface area contributed by atoms with Crippen molar-refractivity contribution in [1.82, 2.24) is 9.91 Å². The van der Waals surface area contributed by atoms with E-state index in [1.54, 1.807) is 11.3 Å². The maximum Gasteiger partial charge on any atom is 0.244 e. The fourth-order valence-electron chi connectivity index (χ4n) is 4.70. The Bertz CT molecular complexity index is 1260. The second-order valence-electron chi connectivity index (χ2n) is 8.90. The molecule has 3 heterocycles. The Morgan fingerprint density at radius 1 is 0.972 bits per heavy atom. The third-order valence-corrected chi connectivity index (χ3v) is 6.72. The molecule has 0 fully saturated rings. The van der Waals surface area contributed by atoms with Gasteiger partial charge in [-0.2, -0.15) is 5.10 Å². The number of aliphatic imine (C=N–C) groups is 2. The van der Waals surface area contributed by atoms with Gasteiger partial charge in [-0.05, 0) is 30.8 Å². The Hall–Kier alpha value is -3.84. The zero-order chi connectivity index (χ0) is 24.9. The van der Waals surface area contributed by atoms with Gasteiger partial charge in [0.2, 0.25) is 5.91 Å². The molecule has 0 bridgehead atoms. The van der Waals surface area contributed by atoms with E-state index in [-0.39, 0.29) is 18.1 Å². The van der Waals surface area contributed by atoms with Crippen LogP contribution in [-0.4, -0.2) is 58.6 Å². The number of hydrogen-bond donors (Lipinski definition) is 0. The first-order valence-electron chi connectivity index (χ1n) is 12.6. The molecule has 1 amide bonds. The molecule has 2 aliphatic rings. The van der Waals surface area contributed by atoms with Crippen LogP contribution in [0.1, 0.15) is 49.7 Å². The number of amides is 1. The van der Waals surface area contributed by atoms with Gasteiger partial charge in [-0.3, -0.25) is 14.8 Å². The summed E-state index contributed by atoms with van der Waals surface area (Å²) in [5.74, 6) is 0.655. The van der Waals surface area contributed by atoms with Crippen LogP contribution >= 0.6 is 0 Å². The van der Waals surface area contributed by atoms with E-state index in [2.05, 4.69) is 18.7 Å². The lowest BCUT2D eigenvalue weighted by Gasteiger charge is -2.24. The summed E-state index contributed by atoms with van der Waals surface area (Å²) in [5, 5.41) is 6.38. The van der Waals surface area contributed by atoms with Gasteiger partial charge in [0.1, 0.15) is 17.5 Å². The molecule has 0 saturated carbocycles. The molecule has 0 N–H and O–H groups in total. The standard InChI is InChI=1S/C29H31N5O2/c1-3-33(4-2)18-17-26(35)34-24(20-23(32-34)25-16-11-19-36-25)28-27(21-12-7-5-8-13-21)30-29(31-28)22-14-9-6-10-15-22/h5-16,19,24,29H,3-4,17-18,20H2,1-2H3. The molecule has 3 aromatic rings. The number of rotatable bonds is 9. The molecule has 7 nitrogen and oxygen atoms in total. The molecule has 2 aliphatic heterocycles. The van der Waals surface area contributed by atoms with Crippen LogP contribution in [0.25, 0.3) is 0 Å². The minimum absolute atomic E-state index is 0.0215. The molecule has 184 valence electrons. The molecular formula is C29H31N5O2. The highest BCUT2D eigenvalue weighted by Crippen LogP contribution is 2.32. The average molecular weight is 482 g/mol. The fraction of sp³-hybridized carbons (Fsp3) is 0.310. The molecule has 0 aliphatic carbocycles. The third kappa shape index (κ3) is 4.93. The molecule has 2 atom stereocenters. The molecule has 36 heavy (non-hydrogen) atoms. The van der Waals surface area contributed by atoms with Crippen molar-refractivity contribution in [1.29, 1.82) is 0 Å². The molecule has 7 heteroatoms. The monoisotopic (exact) mass is 481 g/mol. The van der Waals surface area contributed by atoms with Gasteiger partial charge < -0.3 is 9.32 Å². The van der Waals surface area contributed by atoms with Gasteiger partial charge in [0.05, 0.1) is 17.7 Å². The topological polar surface area (TPSA) is 73.8 Å². The average Bonchev–Trinajstić information content (AvgIpc) is 3.69. The van der Waals surface area contributed by atoms with Crippen molar-refractivity contribution in [2.75, 3.05) is 19.6 Å². The number of hydrazone groups is 1. The van der Waals surface area contributed by atoms with E-state index in [4.69, 9.17) is 19.5 Å². The van der Waals surface area contributed by atoms with Gasteiger partial charge >= 0.3 is 0 Å². The smallest absolute Gasteiger partial charge is 0.244 e. The zero-order valence-electron chi connectivity index (χ0n) is 20.7. The molecule has 2 unspecified atom stereocenters. The Morgan fingerprint density at radius 2 is 1.69 bits per heavy atom. The summed E-state index contributed by atoms with van der Waals surface area (Å²) >= 11 is 0. The summed E-state index contributed by atoms with van der Waals surface area (Å²) < 4.78 is 5.64. The second-order valence-corrected chi connectivity index (χ2v) is 8.90. The molecule has 1 aromatic heterocycles. The highest BCUT2D eigenvalue weighted by Gasteiger charge is 2.40. The normalized spacial score (nSPS) is 19.4. The number of nitrogens with zero attached hydrogens (tertiary/aromatic N) is 5. The number of carbonyl (C=O) groups excluding carboxylic acids is 1. The van der Waals surface area contributed by atoms with Crippen LogP contribution in [0.4, 0.5) is 0 Å². The van der Waals surface area contributed by atoms with Crippen molar-refractivity contribution >= 4 is 23.0 Å². The van der Waals surface area contributed by atoms with E-state index >= 15 is 0 Å². The van der Waals surface area contributed by atoms with Crippen LogP contribution in [0.15, 0.2) is 98.6 Å². The van der Waals surface area contributed by atoms with Gasteiger partial charge in [0.25, 0.3) is 0 Å². The Labute approximate surface area is 211 Å². The van der Waals surface area contributed by atoms with Crippen molar-refractivity contribution in [3.8, 4) is 0 Å². The number of carbonyl (C=O) groups is 1. The van der Waals surface area contributed by atoms with Crippen molar-refractivity contribution in [2.45, 2.75) is 38.9 Å². The summed E-state index contributed by atoms with van der Waals surface area (Å²) in [5.41, 5.74) is 4.35. The van der Waals surface area contributed by atoms with Crippen molar-refractivity contribution in [3.63, 3.8) is 0 Å². The second kappa shape index (κ2) is 10.8. The van der Waals surface area contributed by atoms with Crippen molar-refractivity contribution in [2.24, 2.45) is 15.1 Å². The van der Waals surface area contributed by atoms with Gasteiger partial charge in [0, 0.05) is 24.9 Å². The fourth-order valence-corrected chi connectivity index (χ4v) is 4.70. The van der Waals surface area contributed by atoms with Gasteiger partial charge in [-0.1, -0.05) is 74.5 Å². The summed E-state index contributed by atoms with van der Waals surface area (Å²) in [6.07, 6.45) is 2.20. The van der Waals surface area contributed by atoms with E-state index in [0.717, 1.165) is 41.4 Å². The quantitative estimate of drug-likeness (QED) is 0.434. The van der Waals surface area contributed by atoms with Crippen LogP contribution in [0.3, 0.4) is 0 Å². The molecule has 0 spiro atoms. The predicted molar refractivity (Wildman–Crippen MR) is 142 cm³/mol. The van der Waals surface area contributed by atoms with Gasteiger partial charge in [0.15, 0.2) is 6.17 Å². The number of benzene rings is 2. The van der Waals surface area contributed by atoms with Crippen LogP contribution in [0.2, 0.25) is 0 Å². The lowest BCUT2D eigenvalue weighted by Crippen LogP contribution is -2.42. The highest BCUT2D eigenvalue weighted by atomic mass is 16.3. The van der Waals surface area contributed by atoms with Crippen LogP contribution in [0.5, 0.6) is 0 Å². The first-order chi connectivity index (χ1) is 17.7. The van der Waals surface area contributed by atoms with E-state index < -0.39 is 0 Å². The molecule has 0 radical (unpaired) electrons. The predicted octanol–water partition coefficient (Wildman–Crippen LogP) is 4.96. The maximum atomic E-state index is 13.5. The first-order valence-corrected chi connectivity index (χ1v) is 12.6. The first kappa shape index (κ1) is 23.9. The molecule has 5 rings (SSSR count). The Kier molecular flexibility index (Phi) is 7.18. The summed E-state index contributed by atoms with van der Waals surface area (Å²) in [6, 6.07) is 23.5. The van der Waals surface area contributed by atoms with Crippen molar-refractivity contribution < 1.29 is 9.21 Å². The molecular weight excluding hydrogens is 450 g/mol.